The van der Waals surface area contributed by atoms with E-state index in [0.29, 0.717) is 6.54 Å². The van der Waals surface area contributed by atoms with Gasteiger partial charge in [0.2, 0.25) is 0 Å². The summed E-state index contributed by atoms with van der Waals surface area (Å²) in [7, 11) is 1.72. The summed E-state index contributed by atoms with van der Waals surface area (Å²) in [5.41, 5.74) is 5.81. The molecule has 0 radical (unpaired) electrons. The molecular formula is C12H25NO2. The first-order valence-electron chi connectivity index (χ1n) is 6.05. The van der Waals surface area contributed by atoms with Crippen molar-refractivity contribution in [3.63, 3.8) is 0 Å². The fraction of sp³-hybridized carbons (Fsp3) is 1.00. The van der Waals surface area contributed by atoms with Crippen LogP contribution in [0.1, 0.15) is 39.0 Å². The van der Waals surface area contributed by atoms with Gasteiger partial charge in [-0.3, -0.25) is 0 Å². The van der Waals surface area contributed by atoms with Gasteiger partial charge in [-0.2, -0.15) is 0 Å². The van der Waals surface area contributed by atoms with Gasteiger partial charge in [-0.25, -0.2) is 0 Å². The molecule has 90 valence electrons. The molecular weight excluding hydrogens is 190 g/mol. The maximum Gasteiger partial charge on any atom is 0.0804 e. The Labute approximate surface area is 93.3 Å². The Bertz CT molecular complexity index is 165. The minimum absolute atomic E-state index is 0.0275. The maximum absolute atomic E-state index is 5.97. The molecule has 3 nitrogen and oxygen atoms in total. The van der Waals surface area contributed by atoms with Crippen molar-refractivity contribution >= 4 is 0 Å². The summed E-state index contributed by atoms with van der Waals surface area (Å²) in [4.78, 5) is 0. The fourth-order valence-electron chi connectivity index (χ4n) is 2.19. The number of methoxy groups -OCH3 is 1. The number of ether oxygens (including phenoxy) is 2. The average molecular weight is 215 g/mol. The standard InChI is InChI=1S/C12H25NO2/c1-11-4-6-12(10-13,7-5-11)15-9-3-8-14-2/h11H,3-10,13H2,1-2H3. The molecule has 2 N–H and O–H groups in total. The van der Waals surface area contributed by atoms with E-state index in [1.54, 1.807) is 7.11 Å². The smallest absolute Gasteiger partial charge is 0.0804 e. The van der Waals surface area contributed by atoms with E-state index in [2.05, 4.69) is 6.92 Å². The molecule has 0 bridgehead atoms. The van der Waals surface area contributed by atoms with Crippen molar-refractivity contribution in [3.8, 4) is 0 Å². The first-order valence-corrected chi connectivity index (χ1v) is 6.05. The summed E-state index contributed by atoms with van der Waals surface area (Å²) in [6, 6.07) is 0. The highest BCUT2D eigenvalue weighted by Crippen LogP contribution is 2.34. The molecule has 0 atom stereocenters. The van der Waals surface area contributed by atoms with Crippen molar-refractivity contribution in [2.24, 2.45) is 11.7 Å². The molecule has 1 aliphatic carbocycles. The van der Waals surface area contributed by atoms with Crippen LogP contribution < -0.4 is 5.73 Å². The van der Waals surface area contributed by atoms with Gasteiger partial charge in [-0.1, -0.05) is 6.92 Å². The van der Waals surface area contributed by atoms with E-state index >= 15 is 0 Å². The van der Waals surface area contributed by atoms with E-state index in [0.717, 1.165) is 38.4 Å². The molecule has 0 amide bonds. The minimum atomic E-state index is -0.0275. The third kappa shape index (κ3) is 4.09. The second-order valence-corrected chi connectivity index (χ2v) is 4.76. The lowest BCUT2D eigenvalue weighted by Crippen LogP contribution is -2.44. The van der Waals surface area contributed by atoms with Crippen LogP contribution in [-0.4, -0.2) is 32.5 Å². The molecule has 0 spiro atoms. The highest BCUT2D eigenvalue weighted by molar-refractivity contribution is 4.87. The Morgan fingerprint density at radius 3 is 2.47 bits per heavy atom. The molecule has 0 saturated heterocycles. The SMILES string of the molecule is COCCCOC1(CN)CCC(C)CC1. The predicted molar refractivity (Wildman–Crippen MR) is 61.9 cm³/mol. The van der Waals surface area contributed by atoms with E-state index < -0.39 is 0 Å². The van der Waals surface area contributed by atoms with Gasteiger partial charge in [-0.05, 0) is 38.0 Å². The van der Waals surface area contributed by atoms with Gasteiger partial charge in [0.15, 0.2) is 0 Å². The van der Waals surface area contributed by atoms with Gasteiger partial charge in [0, 0.05) is 26.9 Å². The summed E-state index contributed by atoms with van der Waals surface area (Å²) >= 11 is 0. The first-order chi connectivity index (χ1) is 7.22. The van der Waals surface area contributed by atoms with Crippen molar-refractivity contribution in [1.29, 1.82) is 0 Å². The summed E-state index contributed by atoms with van der Waals surface area (Å²) in [6.45, 7) is 4.52. The van der Waals surface area contributed by atoms with E-state index in [9.17, 15) is 0 Å². The van der Waals surface area contributed by atoms with Crippen LogP contribution in [0.5, 0.6) is 0 Å². The quantitative estimate of drug-likeness (QED) is 0.689. The number of rotatable bonds is 6. The second kappa shape index (κ2) is 6.46. The lowest BCUT2D eigenvalue weighted by molar-refractivity contribution is -0.0741. The van der Waals surface area contributed by atoms with Crippen molar-refractivity contribution in [1.82, 2.24) is 0 Å². The summed E-state index contributed by atoms with van der Waals surface area (Å²) in [5.74, 6) is 0.840. The van der Waals surface area contributed by atoms with Crippen molar-refractivity contribution in [3.05, 3.63) is 0 Å². The fourth-order valence-corrected chi connectivity index (χ4v) is 2.19. The molecule has 0 aromatic carbocycles. The molecule has 1 rings (SSSR count). The summed E-state index contributed by atoms with van der Waals surface area (Å²) < 4.78 is 11.0. The van der Waals surface area contributed by atoms with Gasteiger partial charge >= 0.3 is 0 Å². The van der Waals surface area contributed by atoms with E-state index in [1.807, 2.05) is 0 Å². The van der Waals surface area contributed by atoms with Crippen molar-refractivity contribution < 1.29 is 9.47 Å². The first kappa shape index (κ1) is 12.9. The van der Waals surface area contributed by atoms with Crippen LogP contribution >= 0.6 is 0 Å². The van der Waals surface area contributed by atoms with Crippen LogP contribution in [-0.2, 0) is 9.47 Å². The van der Waals surface area contributed by atoms with Crippen molar-refractivity contribution in [2.45, 2.75) is 44.6 Å². The Morgan fingerprint density at radius 1 is 1.27 bits per heavy atom. The molecule has 1 aliphatic rings. The number of hydrogen-bond acceptors (Lipinski definition) is 3. The second-order valence-electron chi connectivity index (χ2n) is 4.76. The van der Waals surface area contributed by atoms with Gasteiger partial charge in [0.05, 0.1) is 5.60 Å². The van der Waals surface area contributed by atoms with Crippen LogP contribution in [0.2, 0.25) is 0 Å². The van der Waals surface area contributed by atoms with Crippen molar-refractivity contribution in [2.75, 3.05) is 26.9 Å². The molecule has 0 aromatic rings. The van der Waals surface area contributed by atoms with Gasteiger partial charge in [0.1, 0.15) is 0 Å². The maximum atomic E-state index is 5.97. The van der Waals surface area contributed by atoms with Gasteiger partial charge < -0.3 is 15.2 Å². The van der Waals surface area contributed by atoms with Crippen LogP contribution in [0.15, 0.2) is 0 Å². The van der Waals surface area contributed by atoms with Crippen LogP contribution in [0, 0.1) is 5.92 Å². The zero-order chi connectivity index (χ0) is 11.1. The van der Waals surface area contributed by atoms with Crippen LogP contribution in [0.25, 0.3) is 0 Å². The summed E-state index contributed by atoms with van der Waals surface area (Å²) in [6.07, 6.45) is 5.71. The molecule has 0 aromatic heterocycles. The van der Waals surface area contributed by atoms with E-state index in [-0.39, 0.29) is 5.60 Å². The Morgan fingerprint density at radius 2 is 1.93 bits per heavy atom. The number of nitrogens with two attached hydrogens (primary N) is 1. The normalized spacial score (nSPS) is 31.8. The Kier molecular flexibility index (Phi) is 5.58. The van der Waals surface area contributed by atoms with E-state index in [4.69, 9.17) is 15.2 Å². The molecule has 0 heterocycles. The minimum Gasteiger partial charge on any atom is -0.385 e. The zero-order valence-corrected chi connectivity index (χ0v) is 10.1. The molecule has 1 fully saturated rings. The largest absolute Gasteiger partial charge is 0.385 e. The van der Waals surface area contributed by atoms with Crippen LogP contribution in [0.3, 0.4) is 0 Å². The Hall–Kier alpha value is -0.120. The Balaban J connectivity index is 2.27. The van der Waals surface area contributed by atoms with Crippen LogP contribution in [0.4, 0.5) is 0 Å². The monoisotopic (exact) mass is 215 g/mol. The topological polar surface area (TPSA) is 44.5 Å². The average Bonchev–Trinajstić information content (AvgIpc) is 2.28. The molecule has 3 heteroatoms. The molecule has 0 unspecified atom stereocenters. The van der Waals surface area contributed by atoms with E-state index in [1.165, 1.54) is 12.8 Å². The van der Waals surface area contributed by atoms with Gasteiger partial charge in [-0.15, -0.1) is 0 Å². The molecule has 1 saturated carbocycles. The highest BCUT2D eigenvalue weighted by atomic mass is 16.5. The lowest BCUT2D eigenvalue weighted by Gasteiger charge is -2.38. The zero-order valence-electron chi connectivity index (χ0n) is 10.1. The predicted octanol–water partition coefficient (Wildman–Crippen LogP) is 1.95. The number of hydrogen-bond donors (Lipinski definition) is 1. The molecule has 0 aliphatic heterocycles. The molecule has 15 heavy (non-hydrogen) atoms. The third-order valence-corrected chi connectivity index (χ3v) is 3.46. The highest BCUT2D eigenvalue weighted by Gasteiger charge is 2.33. The third-order valence-electron chi connectivity index (χ3n) is 3.46. The summed E-state index contributed by atoms with van der Waals surface area (Å²) in [5, 5.41) is 0. The lowest BCUT2D eigenvalue weighted by atomic mass is 9.79. The van der Waals surface area contributed by atoms with Gasteiger partial charge in [0.25, 0.3) is 0 Å².